The number of carbonyl (C=O) groups excluding carboxylic acids is 1. The number of hydrogen-bond acceptors (Lipinski definition) is 3. The molecule has 1 fully saturated rings. The molecule has 1 aliphatic rings. The van der Waals surface area contributed by atoms with Crippen LogP contribution in [0.2, 0.25) is 0 Å². The van der Waals surface area contributed by atoms with Crippen LogP contribution >= 0.6 is 0 Å². The number of aromatic nitrogens is 1. The molecule has 4 nitrogen and oxygen atoms in total. The van der Waals surface area contributed by atoms with Gasteiger partial charge in [0, 0.05) is 11.6 Å². The fourth-order valence-corrected chi connectivity index (χ4v) is 2.64. The van der Waals surface area contributed by atoms with Crippen LogP contribution in [0.5, 0.6) is 0 Å². The molecule has 116 valence electrons. The standard InChI is InChI=1S/C16H16F2N2O2/c17-16(18,15(22)7-3-8-15)14(21)20-10-13-12-5-2-1-4-11(12)6-9-19-13/h1-2,4-6,9,22H,3,7-8,10H2,(H,20,21). The van der Waals surface area contributed by atoms with Crippen molar-refractivity contribution in [3.8, 4) is 0 Å². The minimum Gasteiger partial charge on any atom is -0.383 e. The predicted molar refractivity (Wildman–Crippen MR) is 77.3 cm³/mol. The second kappa shape index (κ2) is 5.28. The lowest BCUT2D eigenvalue weighted by atomic mass is 9.75. The summed E-state index contributed by atoms with van der Waals surface area (Å²) in [4.78, 5) is 15.9. The van der Waals surface area contributed by atoms with Crippen LogP contribution in [0.3, 0.4) is 0 Å². The van der Waals surface area contributed by atoms with Gasteiger partial charge in [-0.15, -0.1) is 0 Å². The third kappa shape index (κ3) is 2.33. The molecule has 1 aromatic heterocycles. The first kappa shape index (κ1) is 14.8. The van der Waals surface area contributed by atoms with Crippen LogP contribution in [0.4, 0.5) is 8.78 Å². The van der Waals surface area contributed by atoms with E-state index >= 15 is 0 Å². The molecule has 3 rings (SSSR count). The Balaban J connectivity index is 1.75. The number of pyridine rings is 1. The Morgan fingerprint density at radius 1 is 1.32 bits per heavy atom. The third-order valence-electron chi connectivity index (χ3n) is 4.22. The van der Waals surface area contributed by atoms with Crippen molar-refractivity contribution >= 4 is 16.7 Å². The van der Waals surface area contributed by atoms with Gasteiger partial charge in [0.25, 0.3) is 5.91 Å². The first-order valence-corrected chi connectivity index (χ1v) is 7.15. The molecule has 2 aromatic rings. The zero-order valence-electron chi connectivity index (χ0n) is 11.9. The molecule has 22 heavy (non-hydrogen) atoms. The molecule has 0 spiro atoms. The first-order valence-electron chi connectivity index (χ1n) is 7.15. The maximum atomic E-state index is 14.0. The quantitative estimate of drug-likeness (QED) is 0.912. The second-order valence-corrected chi connectivity index (χ2v) is 5.62. The van der Waals surface area contributed by atoms with Crippen molar-refractivity contribution in [2.24, 2.45) is 0 Å². The van der Waals surface area contributed by atoms with E-state index in [0.29, 0.717) is 12.1 Å². The average molecular weight is 306 g/mol. The first-order chi connectivity index (χ1) is 10.4. The second-order valence-electron chi connectivity index (χ2n) is 5.62. The molecule has 2 N–H and O–H groups in total. The largest absolute Gasteiger partial charge is 0.383 e. The number of nitrogens with zero attached hydrogens (tertiary/aromatic N) is 1. The minimum absolute atomic E-state index is 0.0556. The summed E-state index contributed by atoms with van der Waals surface area (Å²) in [6, 6.07) is 9.20. The summed E-state index contributed by atoms with van der Waals surface area (Å²) in [7, 11) is 0. The molecule has 0 aliphatic heterocycles. The van der Waals surface area contributed by atoms with E-state index in [1.54, 1.807) is 6.20 Å². The van der Waals surface area contributed by atoms with Gasteiger partial charge in [-0.25, -0.2) is 0 Å². The Morgan fingerprint density at radius 2 is 2.05 bits per heavy atom. The number of hydrogen-bond donors (Lipinski definition) is 2. The number of nitrogens with one attached hydrogen (secondary N) is 1. The summed E-state index contributed by atoms with van der Waals surface area (Å²) in [6.07, 6.45) is 1.96. The van der Waals surface area contributed by atoms with Gasteiger partial charge in [-0.2, -0.15) is 8.78 Å². The van der Waals surface area contributed by atoms with Crippen LogP contribution in [0.15, 0.2) is 36.5 Å². The molecule has 0 bridgehead atoms. The smallest absolute Gasteiger partial charge is 0.352 e. The number of halogens is 2. The maximum Gasteiger partial charge on any atom is 0.352 e. The fraction of sp³-hybridized carbons (Fsp3) is 0.375. The summed E-state index contributed by atoms with van der Waals surface area (Å²) in [5.41, 5.74) is -1.69. The molecule has 0 unspecified atom stereocenters. The Labute approximate surface area is 126 Å². The Hall–Kier alpha value is -2.08. The Bertz CT molecular complexity index is 709. The lowest BCUT2D eigenvalue weighted by molar-refractivity contribution is -0.216. The molecule has 0 saturated heterocycles. The van der Waals surface area contributed by atoms with Crippen molar-refractivity contribution in [3.05, 3.63) is 42.2 Å². The van der Waals surface area contributed by atoms with Crippen LogP contribution in [0.1, 0.15) is 25.0 Å². The molecule has 0 atom stereocenters. The predicted octanol–water partition coefficient (Wildman–Crippen LogP) is 2.40. The number of alkyl halides is 2. The highest BCUT2D eigenvalue weighted by atomic mass is 19.3. The summed E-state index contributed by atoms with van der Waals surface area (Å²) in [6.45, 7) is -0.105. The third-order valence-corrected chi connectivity index (χ3v) is 4.22. The lowest BCUT2D eigenvalue weighted by Crippen LogP contribution is -2.60. The Kier molecular flexibility index (Phi) is 3.56. The number of amides is 1. The molecule has 1 saturated carbocycles. The van der Waals surface area contributed by atoms with Gasteiger partial charge in [-0.3, -0.25) is 9.78 Å². The van der Waals surface area contributed by atoms with E-state index in [9.17, 15) is 18.7 Å². The molecule has 0 radical (unpaired) electrons. The zero-order chi connectivity index (χ0) is 15.8. The molecule has 1 amide bonds. The number of benzene rings is 1. The van der Waals surface area contributed by atoms with Crippen LogP contribution in [0, 0.1) is 0 Å². The van der Waals surface area contributed by atoms with E-state index < -0.39 is 17.4 Å². The van der Waals surface area contributed by atoms with E-state index in [2.05, 4.69) is 10.3 Å². The number of fused-ring (bicyclic) bond motifs is 1. The summed E-state index contributed by atoms with van der Waals surface area (Å²) >= 11 is 0. The van der Waals surface area contributed by atoms with E-state index in [1.807, 2.05) is 30.3 Å². The number of carbonyl (C=O) groups is 1. The normalized spacial score (nSPS) is 17.0. The lowest BCUT2D eigenvalue weighted by Gasteiger charge is -2.41. The van der Waals surface area contributed by atoms with Crippen molar-refractivity contribution in [1.82, 2.24) is 10.3 Å². The molecule has 6 heteroatoms. The summed E-state index contributed by atoms with van der Waals surface area (Å²) in [5.74, 6) is -5.24. The Morgan fingerprint density at radius 3 is 2.73 bits per heavy atom. The zero-order valence-corrected chi connectivity index (χ0v) is 11.9. The molecule has 1 aliphatic carbocycles. The molecular formula is C16H16F2N2O2. The average Bonchev–Trinajstić information content (AvgIpc) is 2.49. The van der Waals surface area contributed by atoms with Gasteiger partial charge in [0.05, 0.1) is 12.2 Å². The van der Waals surface area contributed by atoms with Crippen LogP contribution in [-0.2, 0) is 11.3 Å². The van der Waals surface area contributed by atoms with E-state index in [0.717, 1.165) is 10.8 Å². The van der Waals surface area contributed by atoms with E-state index in [4.69, 9.17) is 0 Å². The van der Waals surface area contributed by atoms with Crippen molar-refractivity contribution in [3.63, 3.8) is 0 Å². The SMILES string of the molecule is O=C(NCc1nccc2ccccc12)C(F)(F)C1(O)CCC1. The van der Waals surface area contributed by atoms with E-state index in [-0.39, 0.29) is 19.4 Å². The van der Waals surface area contributed by atoms with Crippen molar-refractivity contribution in [2.45, 2.75) is 37.3 Å². The molecule has 1 aromatic carbocycles. The van der Waals surface area contributed by atoms with Crippen molar-refractivity contribution < 1.29 is 18.7 Å². The number of rotatable bonds is 4. The fourth-order valence-electron chi connectivity index (χ4n) is 2.64. The summed E-state index contributed by atoms with van der Waals surface area (Å²) in [5, 5.41) is 13.7. The van der Waals surface area contributed by atoms with Crippen molar-refractivity contribution in [1.29, 1.82) is 0 Å². The van der Waals surface area contributed by atoms with Gasteiger partial charge in [-0.1, -0.05) is 24.3 Å². The topological polar surface area (TPSA) is 62.2 Å². The maximum absolute atomic E-state index is 14.0. The minimum atomic E-state index is -3.78. The summed E-state index contributed by atoms with van der Waals surface area (Å²) < 4.78 is 28.0. The molecular weight excluding hydrogens is 290 g/mol. The van der Waals surface area contributed by atoms with Crippen LogP contribution in [-0.4, -0.2) is 27.5 Å². The monoisotopic (exact) mass is 306 g/mol. The van der Waals surface area contributed by atoms with Crippen LogP contribution in [0.25, 0.3) is 10.8 Å². The van der Waals surface area contributed by atoms with Gasteiger partial charge in [-0.05, 0) is 30.7 Å². The van der Waals surface area contributed by atoms with E-state index in [1.165, 1.54) is 0 Å². The number of aliphatic hydroxyl groups is 1. The highest BCUT2D eigenvalue weighted by Crippen LogP contribution is 2.44. The highest BCUT2D eigenvalue weighted by Gasteiger charge is 2.61. The van der Waals surface area contributed by atoms with Gasteiger partial charge < -0.3 is 10.4 Å². The highest BCUT2D eigenvalue weighted by molar-refractivity contribution is 5.87. The molecule has 1 heterocycles. The van der Waals surface area contributed by atoms with Gasteiger partial charge in [0.2, 0.25) is 0 Å². The van der Waals surface area contributed by atoms with Gasteiger partial charge in [0.1, 0.15) is 5.60 Å². The van der Waals surface area contributed by atoms with Gasteiger partial charge >= 0.3 is 5.92 Å². The van der Waals surface area contributed by atoms with Crippen LogP contribution < -0.4 is 5.32 Å². The van der Waals surface area contributed by atoms with Gasteiger partial charge in [0.15, 0.2) is 0 Å². The van der Waals surface area contributed by atoms with Crippen molar-refractivity contribution in [2.75, 3.05) is 0 Å².